The normalized spacial score (nSPS) is 27.1. The van der Waals surface area contributed by atoms with E-state index in [0.717, 1.165) is 10.5 Å². The van der Waals surface area contributed by atoms with Gasteiger partial charge in [0, 0.05) is 24.1 Å². The number of imide groups is 1. The Morgan fingerprint density at radius 1 is 1.12 bits per heavy atom. The van der Waals surface area contributed by atoms with Crippen molar-refractivity contribution in [2.75, 3.05) is 7.11 Å². The van der Waals surface area contributed by atoms with Gasteiger partial charge in [0.05, 0.1) is 18.9 Å². The summed E-state index contributed by atoms with van der Waals surface area (Å²) in [6.45, 7) is 3.45. The lowest BCUT2D eigenvalue weighted by molar-refractivity contribution is -0.152. The van der Waals surface area contributed by atoms with Crippen LogP contribution in [0.15, 0.2) is 48.5 Å². The maximum absolute atomic E-state index is 13.4. The van der Waals surface area contributed by atoms with Gasteiger partial charge >= 0.3 is 5.97 Å². The van der Waals surface area contributed by atoms with Crippen molar-refractivity contribution >= 4 is 17.8 Å². The van der Waals surface area contributed by atoms with E-state index in [0.29, 0.717) is 5.56 Å². The molecule has 32 heavy (non-hydrogen) atoms. The van der Waals surface area contributed by atoms with E-state index in [9.17, 15) is 24.6 Å². The van der Waals surface area contributed by atoms with Gasteiger partial charge in [-0.2, -0.15) is 0 Å². The van der Waals surface area contributed by atoms with Gasteiger partial charge in [-0.05, 0) is 25.5 Å². The lowest BCUT2D eigenvalue weighted by Gasteiger charge is -2.32. The maximum atomic E-state index is 13.4. The van der Waals surface area contributed by atoms with Crippen LogP contribution in [0.3, 0.4) is 0 Å². The minimum atomic E-state index is -1.72. The Bertz CT molecular complexity index is 1070. The number of benzene rings is 2. The standard InChI is InChI=1S/C24H26N2O6/c1-13(2)26-21(28)17-18(22(26)29)24(23(30)31,12-14-8-5-4-6-9-14)25-19(17)15-10-7-11-16(32-3)20(15)27/h4-11,13,17-19,25,27H,12H2,1-3H3,(H,30,31)/t17-,18-,19+,24+/m0/s1. The summed E-state index contributed by atoms with van der Waals surface area (Å²) in [5.74, 6) is -4.23. The number of amides is 2. The highest BCUT2D eigenvalue weighted by atomic mass is 16.5. The Hall–Kier alpha value is -3.39. The van der Waals surface area contributed by atoms with Crippen LogP contribution in [0.2, 0.25) is 0 Å². The molecule has 168 valence electrons. The average Bonchev–Trinajstić information content (AvgIpc) is 3.23. The summed E-state index contributed by atoms with van der Waals surface area (Å²) in [4.78, 5) is 40.8. The van der Waals surface area contributed by atoms with Crippen molar-refractivity contribution in [1.82, 2.24) is 10.2 Å². The summed E-state index contributed by atoms with van der Waals surface area (Å²) in [6.07, 6.45) is 0.0104. The number of hydrogen-bond acceptors (Lipinski definition) is 6. The maximum Gasteiger partial charge on any atom is 0.325 e. The molecule has 0 spiro atoms. The topological polar surface area (TPSA) is 116 Å². The summed E-state index contributed by atoms with van der Waals surface area (Å²) in [7, 11) is 1.41. The van der Waals surface area contributed by atoms with E-state index >= 15 is 0 Å². The van der Waals surface area contributed by atoms with Crippen LogP contribution in [-0.4, -0.2) is 51.6 Å². The molecule has 2 saturated heterocycles. The summed E-state index contributed by atoms with van der Waals surface area (Å²) in [5.41, 5.74) is -0.676. The first-order valence-corrected chi connectivity index (χ1v) is 10.5. The number of rotatable bonds is 6. The number of phenols is 1. The summed E-state index contributed by atoms with van der Waals surface area (Å²) >= 11 is 0. The zero-order chi connectivity index (χ0) is 23.2. The molecule has 3 N–H and O–H groups in total. The molecule has 0 saturated carbocycles. The molecule has 0 aromatic heterocycles. The third-order valence-corrected chi connectivity index (χ3v) is 6.50. The fraction of sp³-hybridized carbons (Fsp3) is 0.375. The van der Waals surface area contributed by atoms with Gasteiger partial charge in [0.15, 0.2) is 11.5 Å². The second-order valence-electron chi connectivity index (χ2n) is 8.60. The second kappa shape index (κ2) is 7.94. The van der Waals surface area contributed by atoms with Crippen LogP contribution in [-0.2, 0) is 20.8 Å². The molecule has 4 atom stereocenters. The molecule has 0 bridgehead atoms. The van der Waals surface area contributed by atoms with Crippen LogP contribution in [0.5, 0.6) is 11.5 Å². The van der Waals surface area contributed by atoms with Gasteiger partial charge in [-0.3, -0.25) is 24.6 Å². The first-order valence-electron chi connectivity index (χ1n) is 10.5. The summed E-state index contributed by atoms with van der Waals surface area (Å²) in [5, 5.41) is 24.3. The molecule has 0 radical (unpaired) electrons. The Balaban J connectivity index is 1.90. The highest BCUT2D eigenvalue weighted by Gasteiger charge is 2.68. The monoisotopic (exact) mass is 438 g/mol. The van der Waals surface area contributed by atoms with Gasteiger partial charge in [0.25, 0.3) is 0 Å². The zero-order valence-corrected chi connectivity index (χ0v) is 18.1. The van der Waals surface area contributed by atoms with E-state index < -0.39 is 47.2 Å². The van der Waals surface area contributed by atoms with Crippen molar-refractivity contribution in [3.63, 3.8) is 0 Å². The highest BCUT2D eigenvalue weighted by molar-refractivity contribution is 6.09. The summed E-state index contributed by atoms with van der Waals surface area (Å²) < 4.78 is 5.20. The minimum absolute atomic E-state index is 0.0104. The quantitative estimate of drug-likeness (QED) is 0.592. The van der Waals surface area contributed by atoms with E-state index in [2.05, 4.69) is 5.32 Å². The number of para-hydroxylation sites is 1. The predicted octanol–water partition coefficient (Wildman–Crippen LogP) is 2.12. The number of carboxylic acid groups (broad SMARTS) is 1. The number of ether oxygens (including phenoxy) is 1. The Labute approximate surface area is 185 Å². The van der Waals surface area contributed by atoms with Gasteiger partial charge in [0.1, 0.15) is 5.54 Å². The van der Waals surface area contributed by atoms with Crippen molar-refractivity contribution in [2.24, 2.45) is 11.8 Å². The molecule has 4 rings (SSSR count). The van der Waals surface area contributed by atoms with Crippen LogP contribution in [0.4, 0.5) is 0 Å². The smallest absolute Gasteiger partial charge is 0.325 e. The number of aromatic hydroxyl groups is 1. The molecular formula is C24H26N2O6. The van der Waals surface area contributed by atoms with Crippen LogP contribution >= 0.6 is 0 Å². The lowest BCUT2D eigenvalue weighted by atomic mass is 9.76. The molecule has 8 heteroatoms. The molecule has 2 aromatic rings. The van der Waals surface area contributed by atoms with Gasteiger partial charge in [-0.25, -0.2) is 0 Å². The van der Waals surface area contributed by atoms with Crippen molar-refractivity contribution in [3.8, 4) is 11.5 Å². The van der Waals surface area contributed by atoms with Crippen LogP contribution in [0.25, 0.3) is 0 Å². The Morgan fingerprint density at radius 2 is 1.81 bits per heavy atom. The van der Waals surface area contributed by atoms with E-state index in [4.69, 9.17) is 4.74 Å². The average molecular weight is 438 g/mol. The molecule has 0 unspecified atom stereocenters. The third-order valence-electron chi connectivity index (χ3n) is 6.50. The zero-order valence-electron chi connectivity index (χ0n) is 18.1. The van der Waals surface area contributed by atoms with Crippen molar-refractivity contribution in [1.29, 1.82) is 0 Å². The van der Waals surface area contributed by atoms with Crippen LogP contribution in [0, 0.1) is 11.8 Å². The third kappa shape index (κ3) is 3.14. The number of nitrogens with one attached hydrogen (secondary N) is 1. The number of carbonyl (C=O) groups is 3. The highest BCUT2D eigenvalue weighted by Crippen LogP contribution is 2.52. The lowest BCUT2D eigenvalue weighted by Crippen LogP contribution is -2.57. The van der Waals surface area contributed by atoms with Crippen molar-refractivity contribution < 1.29 is 29.3 Å². The molecule has 2 aromatic carbocycles. The molecule has 2 fully saturated rings. The van der Waals surface area contributed by atoms with Gasteiger partial charge in [-0.1, -0.05) is 42.5 Å². The van der Waals surface area contributed by atoms with Crippen molar-refractivity contribution in [2.45, 2.75) is 37.9 Å². The van der Waals surface area contributed by atoms with E-state index in [1.54, 1.807) is 56.3 Å². The molecule has 2 amide bonds. The second-order valence-corrected chi connectivity index (χ2v) is 8.60. The number of carbonyl (C=O) groups excluding carboxylic acids is 2. The fourth-order valence-electron chi connectivity index (χ4n) is 5.11. The number of aliphatic carboxylic acids is 1. The minimum Gasteiger partial charge on any atom is -0.504 e. The van der Waals surface area contributed by atoms with Gasteiger partial charge < -0.3 is 14.9 Å². The summed E-state index contributed by atoms with van der Waals surface area (Å²) in [6, 6.07) is 12.5. The predicted molar refractivity (Wildman–Crippen MR) is 115 cm³/mol. The Kier molecular flexibility index (Phi) is 5.42. The van der Waals surface area contributed by atoms with Crippen LogP contribution in [0.1, 0.15) is 31.0 Å². The molecule has 2 aliphatic rings. The number of methoxy groups -OCH3 is 1. The molecule has 2 heterocycles. The first kappa shape index (κ1) is 21.8. The Morgan fingerprint density at radius 3 is 2.41 bits per heavy atom. The molecule has 2 aliphatic heterocycles. The van der Waals surface area contributed by atoms with E-state index in [1.165, 1.54) is 7.11 Å². The number of likely N-dealkylation sites (tertiary alicyclic amines) is 1. The van der Waals surface area contributed by atoms with Crippen LogP contribution < -0.4 is 10.1 Å². The number of phenolic OH excluding ortho intramolecular Hbond substituents is 1. The number of carboxylic acids is 1. The first-order chi connectivity index (χ1) is 15.2. The largest absolute Gasteiger partial charge is 0.504 e. The van der Waals surface area contributed by atoms with Crippen molar-refractivity contribution in [3.05, 3.63) is 59.7 Å². The van der Waals surface area contributed by atoms with Gasteiger partial charge in [-0.15, -0.1) is 0 Å². The number of nitrogens with zero attached hydrogens (tertiary/aromatic N) is 1. The van der Waals surface area contributed by atoms with Gasteiger partial charge in [0.2, 0.25) is 11.8 Å². The molecular weight excluding hydrogens is 412 g/mol. The molecule has 8 nitrogen and oxygen atoms in total. The van der Waals surface area contributed by atoms with E-state index in [-0.39, 0.29) is 17.9 Å². The number of fused-ring (bicyclic) bond motifs is 1. The SMILES string of the molecule is COc1cccc([C@H]2N[C@@](Cc3ccccc3)(C(=O)O)[C@@H]3C(=O)N(C(C)C)C(=O)[C@H]23)c1O. The molecule has 0 aliphatic carbocycles. The fourth-order valence-corrected chi connectivity index (χ4v) is 5.11. The van der Waals surface area contributed by atoms with E-state index in [1.807, 2.05) is 6.07 Å². The number of hydrogen-bond donors (Lipinski definition) is 3.